The van der Waals surface area contributed by atoms with Crippen LogP contribution in [0, 0.1) is 5.92 Å². The normalized spacial score (nSPS) is 16.2. The molecule has 1 aliphatic rings. The molecule has 1 aliphatic heterocycles. The number of methoxy groups -OCH3 is 1. The Morgan fingerprint density at radius 1 is 1.48 bits per heavy atom. The molecule has 21 heavy (non-hydrogen) atoms. The number of nitrogens with zero attached hydrogens (tertiary/aromatic N) is 2. The number of thiazole rings is 1. The van der Waals surface area contributed by atoms with Crippen LogP contribution in [-0.2, 0) is 20.7 Å². The SMILES string of the molecule is CCOC(=O)CCc1csc(N2CCC(COC)CC2)n1. The van der Waals surface area contributed by atoms with Gasteiger partial charge in [0.2, 0.25) is 0 Å². The molecule has 0 unspecified atom stereocenters. The van der Waals surface area contributed by atoms with Crippen molar-refractivity contribution in [2.45, 2.75) is 32.6 Å². The highest BCUT2D eigenvalue weighted by molar-refractivity contribution is 7.13. The molecule has 0 amide bonds. The largest absolute Gasteiger partial charge is 0.466 e. The van der Waals surface area contributed by atoms with Crippen molar-refractivity contribution in [2.24, 2.45) is 5.92 Å². The predicted molar refractivity (Wildman–Crippen MR) is 83.9 cm³/mol. The van der Waals surface area contributed by atoms with E-state index in [1.54, 1.807) is 18.4 Å². The molecule has 118 valence electrons. The summed E-state index contributed by atoms with van der Waals surface area (Å²) < 4.78 is 10.2. The molecule has 0 radical (unpaired) electrons. The smallest absolute Gasteiger partial charge is 0.306 e. The number of aromatic nitrogens is 1. The summed E-state index contributed by atoms with van der Waals surface area (Å²) in [6.07, 6.45) is 3.39. The lowest BCUT2D eigenvalue weighted by atomic mass is 9.98. The lowest BCUT2D eigenvalue weighted by molar-refractivity contribution is -0.143. The van der Waals surface area contributed by atoms with Crippen LogP contribution in [0.3, 0.4) is 0 Å². The number of piperidine rings is 1. The maximum atomic E-state index is 11.4. The summed E-state index contributed by atoms with van der Waals surface area (Å²) in [6, 6.07) is 0. The van der Waals surface area contributed by atoms with E-state index >= 15 is 0 Å². The van der Waals surface area contributed by atoms with Gasteiger partial charge in [-0.1, -0.05) is 0 Å². The summed E-state index contributed by atoms with van der Waals surface area (Å²) in [5.74, 6) is 0.530. The van der Waals surface area contributed by atoms with Crippen LogP contribution in [-0.4, -0.2) is 44.4 Å². The van der Waals surface area contributed by atoms with Crippen LogP contribution in [0.5, 0.6) is 0 Å². The molecule has 1 aromatic rings. The van der Waals surface area contributed by atoms with Crippen molar-refractivity contribution in [1.82, 2.24) is 4.98 Å². The molecule has 0 N–H and O–H groups in total. The van der Waals surface area contributed by atoms with Crippen LogP contribution in [0.25, 0.3) is 0 Å². The third-order valence-electron chi connectivity index (χ3n) is 3.72. The zero-order valence-electron chi connectivity index (χ0n) is 12.8. The second-order valence-electron chi connectivity index (χ2n) is 5.31. The maximum Gasteiger partial charge on any atom is 0.306 e. The van der Waals surface area contributed by atoms with E-state index in [2.05, 4.69) is 15.3 Å². The highest BCUT2D eigenvalue weighted by Crippen LogP contribution is 2.26. The molecule has 0 atom stereocenters. The van der Waals surface area contributed by atoms with Crippen molar-refractivity contribution < 1.29 is 14.3 Å². The summed E-state index contributed by atoms with van der Waals surface area (Å²) >= 11 is 1.67. The molecule has 5 nitrogen and oxygen atoms in total. The summed E-state index contributed by atoms with van der Waals surface area (Å²) in [5, 5.41) is 3.13. The fourth-order valence-corrected chi connectivity index (χ4v) is 3.46. The Bertz CT molecular complexity index is 442. The predicted octanol–water partition coefficient (Wildman–Crippen LogP) is 2.50. The summed E-state index contributed by atoms with van der Waals surface area (Å²) in [7, 11) is 1.77. The van der Waals surface area contributed by atoms with Gasteiger partial charge < -0.3 is 14.4 Å². The van der Waals surface area contributed by atoms with Gasteiger partial charge in [-0.05, 0) is 25.7 Å². The van der Waals surface area contributed by atoms with E-state index in [9.17, 15) is 4.79 Å². The minimum Gasteiger partial charge on any atom is -0.466 e. The Labute approximate surface area is 130 Å². The van der Waals surface area contributed by atoms with Crippen LogP contribution in [0.1, 0.15) is 31.9 Å². The van der Waals surface area contributed by atoms with Crippen molar-refractivity contribution >= 4 is 22.4 Å². The van der Waals surface area contributed by atoms with Crippen LogP contribution in [0.4, 0.5) is 5.13 Å². The molecular formula is C15H24N2O3S. The molecule has 0 spiro atoms. The van der Waals surface area contributed by atoms with E-state index in [4.69, 9.17) is 9.47 Å². The number of anilines is 1. The van der Waals surface area contributed by atoms with Gasteiger partial charge in [0, 0.05) is 38.6 Å². The molecule has 0 aliphatic carbocycles. The number of carbonyl (C=O) groups is 1. The Morgan fingerprint density at radius 3 is 2.90 bits per heavy atom. The number of aryl methyl sites for hydroxylation is 1. The van der Waals surface area contributed by atoms with Crippen LogP contribution >= 0.6 is 11.3 Å². The Kier molecular flexibility index (Phi) is 6.45. The lowest BCUT2D eigenvalue weighted by Crippen LogP contribution is -2.34. The van der Waals surface area contributed by atoms with Crippen LogP contribution in [0.2, 0.25) is 0 Å². The Hall–Kier alpha value is -1.14. The fourth-order valence-electron chi connectivity index (χ4n) is 2.55. The summed E-state index contributed by atoms with van der Waals surface area (Å²) in [6.45, 7) is 5.21. The lowest BCUT2D eigenvalue weighted by Gasteiger charge is -2.31. The van der Waals surface area contributed by atoms with Gasteiger partial charge in [-0.15, -0.1) is 11.3 Å². The van der Waals surface area contributed by atoms with Crippen LogP contribution < -0.4 is 4.90 Å². The summed E-state index contributed by atoms with van der Waals surface area (Å²) in [4.78, 5) is 18.3. The number of carbonyl (C=O) groups excluding carboxylic acids is 1. The first-order valence-corrected chi connectivity index (χ1v) is 8.44. The zero-order chi connectivity index (χ0) is 15.1. The standard InChI is InChI=1S/C15H24N2O3S/c1-3-20-14(18)5-4-13-11-21-15(16-13)17-8-6-12(7-9-17)10-19-2/h11-12H,3-10H2,1-2H3. The monoisotopic (exact) mass is 312 g/mol. The van der Waals surface area contributed by atoms with Crippen molar-refractivity contribution in [2.75, 3.05) is 38.3 Å². The number of rotatable bonds is 7. The Balaban J connectivity index is 1.79. The highest BCUT2D eigenvalue weighted by Gasteiger charge is 2.21. The first kappa shape index (κ1) is 16.2. The topological polar surface area (TPSA) is 51.7 Å². The van der Waals surface area contributed by atoms with Gasteiger partial charge >= 0.3 is 5.97 Å². The first-order valence-electron chi connectivity index (χ1n) is 7.56. The highest BCUT2D eigenvalue weighted by atomic mass is 32.1. The van der Waals surface area contributed by atoms with Gasteiger partial charge in [-0.2, -0.15) is 0 Å². The van der Waals surface area contributed by atoms with Gasteiger partial charge in [0.25, 0.3) is 0 Å². The van der Waals surface area contributed by atoms with Gasteiger partial charge in [0.05, 0.1) is 18.7 Å². The third-order valence-corrected chi connectivity index (χ3v) is 4.67. The van der Waals surface area contributed by atoms with E-state index in [0.29, 0.717) is 25.4 Å². The molecule has 2 rings (SSSR count). The van der Waals surface area contributed by atoms with Gasteiger partial charge in [0.1, 0.15) is 0 Å². The van der Waals surface area contributed by atoms with E-state index in [1.165, 1.54) is 0 Å². The van der Waals surface area contributed by atoms with Crippen molar-refractivity contribution in [3.8, 4) is 0 Å². The second kappa shape index (κ2) is 8.34. The quantitative estimate of drug-likeness (QED) is 0.724. The molecular weight excluding hydrogens is 288 g/mol. The van der Waals surface area contributed by atoms with Gasteiger partial charge in [-0.25, -0.2) is 4.98 Å². The van der Waals surface area contributed by atoms with E-state index in [0.717, 1.165) is 43.4 Å². The first-order chi connectivity index (χ1) is 10.2. The van der Waals surface area contributed by atoms with Crippen LogP contribution in [0.15, 0.2) is 5.38 Å². The molecule has 1 saturated heterocycles. The second-order valence-corrected chi connectivity index (χ2v) is 6.15. The Morgan fingerprint density at radius 2 is 2.24 bits per heavy atom. The van der Waals surface area contributed by atoms with E-state index in [1.807, 2.05) is 6.92 Å². The van der Waals surface area contributed by atoms with Gasteiger partial charge in [0.15, 0.2) is 5.13 Å². The van der Waals surface area contributed by atoms with E-state index < -0.39 is 0 Å². The van der Waals surface area contributed by atoms with Crippen molar-refractivity contribution in [3.63, 3.8) is 0 Å². The van der Waals surface area contributed by atoms with Crippen molar-refractivity contribution in [3.05, 3.63) is 11.1 Å². The molecule has 1 fully saturated rings. The minimum absolute atomic E-state index is 0.146. The summed E-state index contributed by atoms with van der Waals surface area (Å²) in [5.41, 5.74) is 0.988. The average Bonchev–Trinajstić information content (AvgIpc) is 2.95. The third kappa shape index (κ3) is 4.97. The number of hydrogen-bond acceptors (Lipinski definition) is 6. The number of esters is 1. The molecule has 2 heterocycles. The molecule has 0 aromatic carbocycles. The molecule has 6 heteroatoms. The van der Waals surface area contributed by atoms with E-state index in [-0.39, 0.29) is 5.97 Å². The van der Waals surface area contributed by atoms with Crippen molar-refractivity contribution in [1.29, 1.82) is 0 Å². The maximum absolute atomic E-state index is 11.4. The molecule has 0 bridgehead atoms. The molecule has 0 saturated carbocycles. The minimum atomic E-state index is -0.146. The number of ether oxygens (including phenoxy) is 2. The average molecular weight is 312 g/mol. The number of hydrogen-bond donors (Lipinski definition) is 0. The van der Waals surface area contributed by atoms with Gasteiger partial charge in [-0.3, -0.25) is 4.79 Å². The fraction of sp³-hybridized carbons (Fsp3) is 0.733. The molecule has 1 aromatic heterocycles. The zero-order valence-corrected chi connectivity index (χ0v) is 13.7.